The van der Waals surface area contributed by atoms with Crippen LogP contribution in [0.5, 0.6) is 5.75 Å². The summed E-state index contributed by atoms with van der Waals surface area (Å²) in [6.07, 6.45) is 0. The number of furan rings is 1. The van der Waals surface area contributed by atoms with Crippen LogP contribution in [0.1, 0.15) is 27.4 Å². The smallest absolute Gasteiger partial charge is 0.259 e. The number of amides is 1. The van der Waals surface area contributed by atoms with Crippen molar-refractivity contribution >= 4 is 11.6 Å². The van der Waals surface area contributed by atoms with Gasteiger partial charge in [0.1, 0.15) is 17.3 Å². The van der Waals surface area contributed by atoms with E-state index in [1.807, 2.05) is 0 Å². The molecule has 2 aromatic rings. The SMILES string of the molecule is COc1ccc(NC(=O)c2cc(C)oc2C)cc1CO. The first-order valence-electron chi connectivity index (χ1n) is 6.21. The van der Waals surface area contributed by atoms with Gasteiger partial charge in [-0.05, 0) is 38.1 Å². The average Bonchev–Trinajstić information content (AvgIpc) is 2.77. The molecular weight excluding hydrogens is 258 g/mol. The summed E-state index contributed by atoms with van der Waals surface area (Å²) >= 11 is 0. The molecule has 0 atom stereocenters. The van der Waals surface area contributed by atoms with Gasteiger partial charge in [0.2, 0.25) is 0 Å². The number of aryl methyl sites for hydroxylation is 2. The van der Waals surface area contributed by atoms with Gasteiger partial charge in [-0.3, -0.25) is 4.79 Å². The van der Waals surface area contributed by atoms with Crippen LogP contribution >= 0.6 is 0 Å². The number of aliphatic hydroxyl groups is 1. The molecule has 0 bridgehead atoms. The van der Waals surface area contributed by atoms with Crippen molar-refractivity contribution in [2.24, 2.45) is 0 Å². The van der Waals surface area contributed by atoms with E-state index < -0.39 is 0 Å². The van der Waals surface area contributed by atoms with Crippen molar-refractivity contribution in [1.29, 1.82) is 0 Å². The zero-order valence-electron chi connectivity index (χ0n) is 11.7. The molecular formula is C15H17NO4. The van der Waals surface area contributed by atoms with Crippen LogP contribution in [-0.2, 0) is 6.61 Å². The number of benzene rings is 1. The van der Waals surface area contributed by atoms with E-state index in [2.05, 4.69) is 5.32 Å². The second-order valence-corrected chi connectivity index (χ2v) is 4.47. The molecule has 0 aliphatic heterocycles. The van der Waals surface area contributed by atoms with Crippen LogP contribution in [0.2, 0.25) is 0 Å². The highest BCUT2D eigenvalue weighted by Crippen LogP contribution is 2.23. The van der Waals surface area contributed by atoms with Crippen LogP contribution in [0.3, 0.4) is 0 Å². The Morgan fingerprint density at radius 1 is 1.35 bits per heavy atom. The highest BCUT2D eigenvalue weighted by molar-refractivity contribution is 6.05. The Hall–Kier alpha value is -2.27. The molecule has 1 heterocycles. The summed E-state index contributed by atoms with van der Waals surface area (Å²) in [5.74, 6) is 1.61. The number of aliphatic hydroxyl groups excluding tert-OH is 1. The van der Waals surface area contributed by atoms with E-state index in [9.17, 15) is 9.90 Å². The van der Waals surface area contributed by atoms with E-state index in [-0.39, 0.29) is 12.5 Å². The highest BCUT2D eigenvalue weighted by atomic mass is 16.5. The van der Waals surface area contributed by atoms with Gasteiger partial charge in [0.25, 0.3) is 5.91 Å². The number of carbonyl (C=O) groups excluding carboxylic acids is 1. The Morgan fingerprint density at radius 2 is 2.10 bits per heavy atom. The molecule has 1 aromatic carbocycles. The largest absolute Gasteiger partial charge is 0.496 e. The molecule has 2 rings (SSSR count). The van der Waals surface area contributed by atoms with Gasteiger partial charge >= 0.3 is 0 Å². The fraction of sp³-hybridized carbons (Fsp3) is 0.267. The van der Waals surface area contributed by atoms with Crippen LogP contribution in [0.25, 0.3) is 0 Å². The number of rotatable bonds is 4. The van der Waals surface area contributed by atoms with Crippen molar-refractivity contribution in [2.75, 3.05) is 12.4 Å². The van der Waals surface area contributed by atoms with E-state index in [0.29, 0.717) is 34.1 Å². The van der Waals surface area contributed by atoms with Gasteiger partial charge in [-0.2, -0.15) is 0 Å². The maximum absolute atomic E-state index is 12.1. The van der Waals surface area contributed by atoms with Gasteiger partial charge in [-0.25, -0.2) is 0 Å². The molecule has 0 unspecified atom stereocenters. The van der Waals surface area contributed by atoms with Crippen molar-refractivity contribution in [3.8, 4) is 5.75 Å². The topological polar surface area (TPSA) is 71.7 Å². The Labute approximate surface area is 117 Å². The van der Waals surface area contributed by atoms with Crippen molar-refractivity contribution in [3.63, 3.8) is 0 Å². The Morgan fingerprint density at radius 3 is 2.65 bits per heavy atom. The summed E-state index contributed by atoms with van der Waals surface area (Å²) in [5, 5.41) is 12.0. The fourth-order valence-corrected chi connectivity index (χ4v) is 2.03. The standard InChI is InChI=1S/C15H17NO4/c1-9-6-13(10(2)20-9)15(18)16-12-4-5-14(19-3)11(7-12)8-17/h4-7,17H,8H2,1-3H3,(H,16,18). The third kappa shape index (κ3) is 2.83. The van der Waals surface area contributed by atoms with Gasteiger partial charge in [-0.1, -0.05) is 0 Å². The zero-order chi connectivity index (χ0) is 14.7. The highest BCUT2D eigenvalue weighted by Gasteiger charge is 2.14. The molecule has 0 radical (unpaired) electrons. The lowest BCUT2D eigenvalue weighted by molar-refractivity contribution is 0.102. The summed E-state index contributed by atoms with van der Waals surface area (Å²) in [4.78, 5) is 12.1. The average molecular weight is 275 g/mol. The minimum atomic E-state index is -0.242. The van der Waals surface area contributed by atoms with E-state index in [0.717, 1.165) is 0 Å². The lowest BCUT2D eigenvalue weighted by atomic mass is 10.1. The number of hydrogen-bond donors (Lipinski definition) is 2. The normalized spacial score (nSPS) is 10.4. The molecule has 2 N–H and O–H groups in total. The number of nitrogens with one attached hydrogen (secondary N) is 1. The number of anilines is 1. The van der Waals surface area contributed by atoms with Crippen molar-refractivity contribution in [2.45, 2.75) is 20.5 Å². The van der Waals surface area contributed by atoms with E-state index in [1.54, 1.807) is 38.1 Å². The fourth-order valence-electron chi connectivity index (χ4n) is 2.03. The summed E-state index contributed by atoms with van der Waals surface area (Å²) in [6, 6.07) is 6.80. The lowest BCUT2D eigenvalue weighted by Gasteiger charge is -2.09. The first-order chi connectivity index (χ1) is 9.55. The van der Waals surface area contributed by atoms with E-state index >= 15 is 0 Å². The molecule has 106 valence electrons. The van der Waals surface area contributed by atoms with Crippen LogP contribution in [0.15, 0.2) is 28.7 Å². The molecule has 20 heavy (non-hydrogen) atoms. The predicted octanol–water partition coefficient (Wildman–Crippen LogP) is 2.65. The first-order valence-corrected chi connectivity index (χ1v) is 6.21. The first kappa shape index (κ1) is 14.1. The van der Waals surface area contributed by atoms with E-state index in [1.165, 1.54) is 7.11 Å². The summed E-state index contributed by atoms with van der Waals surface area (Å²) < 4.78 is 10.4. The van der Waals surface area contributed by atoms with Crippen molar-refractivity contribution in [1.82, 2.24) is 0 Å². The second kappa shape index (κ2) is 5.79. The minimum Gasteiger partial charge on any atom is -0.496 e. The van der Waals surface area contributed by atoms with Crippen molar-refractivity contribution in [3.05, 3.63) is 46.9 Å². The molecule has 0 saturated carbocycles. The Kier molecular flexibility index (Phi) is 4.10. The maximum Gasteiger partial charge on any atom is 0.259 e. The summed E-state index contributed by atoms with van der Waals surface area (Å²) in [6.45, 7) is 3.38. The van der Waals surface area contributed by atoms with Gasteiger partial charge < -0.3 is 19.6 Å². The molecule has 1 aromatic heterocycles. The molecule has 0 fully saturated rings. The monoisotopic (exact) mass is 275 g/mol. The predicted molar refractivity (Wildman–Crippen MR) is 75.1 cm³/mol. The van der Waals surface area contributed by atoms with Gasteiger partial charge in [0.05, 0.1) is 19.3 Å². The lowest BCUT2D eigenvalue weighted by Crippen LogP contribution is -2.12. The number of methoxy groups -OCH3 is 1. The molecule has 5 nitrogen and oxygen atoms in total. The quantitative estimate of drug-likeness (QED) is 0.899. The molecule has 0 aliphatic rings. The van der Waals surface area contributed by atoms with Gasteiger partial charge in [0, 0.05) is 11.3 Å². The molecule has 5 heteroatoms. The minimum absolute atomic E-state index is 0.156. The zero-order valence-corrected chi connectivity index (χ0v) is 11.7. The molecule has 0 aliphatic carbocycles. The Bertz CT molecular complexity index is 631. The number of hydrogen-bond acceptors (Lipinski definition) is 4. The van der Waals surface area contributed by atoms with Crippen LogP contribution in [-0.4, -0.2) is 18.1 Å². The second-order valence-electron chi connectivity index (χ2n) is 4.47. The van der Waals surface area contributed by atoms with Crippen LogP contribution in [0.4, 0.5) is 5.69 Å². The maximum atomic E-state index is 12.1. The van der Waals surface area contributed by atoms with Crippen LogP contribution in [0, 0.1) is 13.8 Å². The molecule has 0 spiro atoms. The summed E-state index contributed by atoms with van der Waals surface area (Å²) in [7, 11) is 1.53. The third-order valence-corrected chi connectivity index (χ3v) is 2.99. The van der Waals surface area contributed by atoms with Gasteiger partial charge in [0.15, 0.2) is 0 Å². The number of ether oxygens (including phenoxy) is 1. The van der Waals surface area contributed by atoms with Gasteiger partial charge in [-0.15, -0.1) is 0 Å². The van der Waals surface area contributed by atoms with E-state index in [4.69, 9.17) is 9.15 Å². The third-order valence-electron chi connectivity index (χ3n) is 2.99. The Balaban J connectivity index is 2.22. The molecule has 0 saturated heterocycles. The van der Waals surface area contributed by atoms with Crippen LogP contribution < -0.4 is 10.1 Å². The molecule has 1 amide bonds. The number of carbonyl (C=O) groups is 1. The summed E-state index contributed by atoms with van der Waals surface area (Å²) in [5.41, 5.74) is 1.72. The van der Waals surface area contributed by atoms with Crippen molar-refractivity contribution < 1.29 is 19.1 Å².